The van der Waals surface area contributed by atoms with Crippen LogP contribution in [0.1, 0.15) is 50.6 Å². The first kappa shape index (κ1) is 12.9. The van der Waals surface area contributed by atoms with Crippen LogP contribution in [-0.4, -0.2) is 14.5 Å². The van der Waals surface area contributed by atoms with Crippen LogP contribution >= 0.6 is 12.2 Å². The average Bonchev–Trinajstić information content (AvgIpc) is 2.54. The minimum absolute atomic E-state index is 0.515. The molecule has 0 spiro atoms. The molecule has 2 atom stereocenters. The fraction of sp³-hybridized carbons (Fsp3) is 0.600. The van der Waals surface area contributed by atoms with E-state index in [9.17, 15) is 0 Å². The Morgan fingerprint density at radius 1 is 1.32 bits per heavy atom. The van der Waals surface area contributed by atoms with Crippen molar-refractivity contribution in [2.24, 2.45) is 5.92 Å². The maximum Gasteiger partial charge on any atom is 0.179 e. The van der Waals surface area contributed by atoms with Gasteiger partial charge < -0.3 is 4.98 Å². The van der Waals surface area contributed by atoms with Crippen molar-refractivity contribution in [3.8, 4) is 0 Å². The lowest BCUT2D eigenvalue weighted by molar-refractivity contribution is 0.436. The van der Waals surface area contributed by atoms with Gasteiger partial charge in [-0.25, -0.2) is 4.98 Å². The number of fused-ring (bicyclic) bond motifs is 1. The van der Waals surface area contributed by atoms with Crippen molar-refractivity contribution in [1.82, 2.24) is 14.5 Å². The third-order valence-corrected chi connectivity index (χ3v) is 4.58. The summed E-state index contributed by atoms with van der Waals surface area (Å²) in [4.78, 5) is 7.90. The Kier molecular flexibility index (Phi) is 3.44. The second-order valence-corrected chi connectivity index (χ2v) is 6.34. The van der Waals surface area contributed by atoms with Gasteiger partial charge >= 0.3 is 0 Å². The Balaban J connectivity index is 2.04. The fourth-order valence-corrected chi connectivity index (χ4v) is 3.53. The standard InChI is InChI=1S/C15H21N3S/c1-10-4-3-5-12(7-6-10)18-14-13(17-15(18)19)8-11(2)9-16-14/h8-10,12H,3-7H2,1-2H3,(H,17,19). The van der Waals surface area contributed by atoms with Gasteiger partial charge in [0.05, 0.1) is 5.52 Å². The molecule has 0 aliphatic heterocycles. The summed E-state index contributed by atoms with van der Waals surface area (Å²) >= 11 is 5.52. The van der Waals surface area contributed by atoms with Crippen molar-refractivity contribution in [2.45, 2.75) is 52.0 Å². The molecular weight excluding hydrogens is 254 g/mol. The number of rotatable bonds is 1. The highest BCUT2D eigenvalue weighted by Crippen LogP contribution is 2.32. The lowest BCUT2D eigenvalue weighted by Gasteiger charge is -2.16. The van der Waals surface area contributed by atoms with E-state index >= 15 is 0 Å². The molecule has 102 valence electrons. The van der Waals surface area contributed by atoms with Gasteiger partial charge in [-0.1, -0.05) is 19.8 Å². The molecule has 3 nitrogen and oxygen atoms in total. The predicted octanol–water partition coefficient (Wildman–Crippen LogP) is 4.54. The number of aromatic nitrogens is 3. The van der Waals surface area contributed by atoms with Gasteiger partial charge in [-0.2, -0.15) is 0 Å². The van der Waals surface area contributed by atoms with Gasteiger partial charge in [0.2, 0.25) is 0 Å². The van der Waals surface area contributed by atoms with Gasteiger partial charge in [0.25, 0.3) is 0 Å². The van der Waals surface area contributed by atoms with Gasteiger partial charge in [0.1, 0.15) is 0 Å². The van der Waals surface area contributed by atoms with E-state index in [4.69, 9.17) is 12.2 Å². The molecule has 1 aliphatic carbocycles. The topological polar surface area (TPSA) is 33.6 Å². The number of aryl methyl sites for hydroxylation is 1. The van der Waals surface area contributed by atoms with E-state index in [1.807, 2.05) is 6.20 Å². The van der Waals surface area contributed by atoms with Crippen molar-refractivity contribution >= 4 is 23.4 Å². The molecule has 0 amide bonds. The van der Waals surface area contributed by atoms with Gasteiger partial charge in [-0.05, 0) is 56.0 Å². The zero-order valence-electron chi connectivity index (χ0n) is 11.6. The highest BCUT2D eigenvalue weighted by atomic mass is 32.1. The van der Waals surface area contributed by atoms with E-state index in [1.165, 1.54) is 37.7 Å². The van der Waals surface area contributed by atoms with Gasteiger partial charge in [-0.3, -0.25) is 4.57 Å². The lowest BCUT2D eigenvalue weighted by Crippen LogP contribution is -2.09. The molecule has 2 unspecified atom stereocenters. The van der Waals surface area contributed by atoms with Gasteiger partial charge in [0.15, 0.2) is 10.4 Å². The summed E-state index contributed by atoms with van der Waals surface area (Å²) in [6.45, 7) is 4.42. The smallest absolute Gasteiger partial charge is 0.179 e. The summed E-state index contributed by atoms with van der Waals surface area (Å²) in [5, 5.41) is 0. The number of H-pyrrole nitrogens is 1. The molecule has 1 saturated carbocycles. The normalized spacial score (nSPS) is 24.5. The molecule has 2 aromatic rings. The Labute approximate surface area is 119 Å². The van der Waals surface area contributed by atoms with E-state index in [-0.39, 0.29) is 0 Å². The Morgan fingerprint density at radius 3 is 3.00 bits per heavy atom. The van der Waals surface area contributed by atoms with E-state index in [2.05, 4.69) is 34.4 Å². The maximum absolute atomic E-state index is 5.52. The Bertz CT molecular complexity index is 640. The van der Waals surface area contributed by atoms with Crippen LogP contribution < -0.4 is 0 Å². The first-order chi connectivity index (χ1) is 9.15. The monoisotopic (exact) mass is 275 g/mol. The maximum atomic E-state index is 5.52. The number of hydrogen-bond donors (Lipinski definition) is 1. The van der Waals surface area contributed by atoms with Crippen molar-refractivity contribution < 1.29 is 0 Å². The molecule has 19 heavy (non-hydrogen) atoms. The van der Waals surface area contributed by atoms with Crippen LogP contribution in [0.5, 0.6) is 0 Å². The van der Waals surface area contributed by atoms with E-state index in [0.29, 0.717) is 6.04 Å². The summed E-state index contributed by atoms with van der Waals surface area (Å²) in [7, 11) is 0. The molecule has 2 aromatic heterocycles. The summed E-state index contributed by atoms with van der Waals surface area (Å²) in [5.74, 6) is 0.847. The summed E-state index contributed by atoms with van der Waals surface area (Å²) in [5.41, 5.74) is 3.27. The molecule has 0 saturated heterocycles. The first-order valence-electron chi connectivity index (χ1n) is 7.22. The zero-order chi connectivity index (χ0) is 13.4. The van der Waals surface area contributed by atoms with Crippen LogP contribution in [-0.2, 0) is 0 Å². The zero-order valence-corrected chi connectivity index (χ0v) is 12.5. The molecule has 4 heteroatoms. The molecule has 0 bridgehead atoms. The molecule has 3 rings (SSSR count). The third-order valence-electron chi connectivity index (χ3n) is 4.28. The predicted molar refractivity (Wildman–Crippen MR) is 80.9 cm³/mol. The molecule has 1 aliphatic rings. The van der Waals surface area contributed by atoms with Crippen LogP contribution in [0, 0.1) is 17.6 Å². The summed E-state index contributed by atoms with van der Waals surface area (Å²) in [6.07, 6.45) is 8.32. The van der Waals surface area contributed by atoms with Crippen molar-refractivity contribution in [1.29, 1.82) is 0 Å². The number of nitrogens with zero attached hydrogens (tertiary/aromatic N) is 2. The number of aromatic amines is 1. The van der Waals surface area contributed by atoms with Crippen LogP contribution in [0.3, 0.4) is 0 Å². The van der Waals surface area contributed by atoms with E-state index < -0.39 is 0 Å². The Hall–Kier alpha value is -1.16. The van der Waals surface area contributed by atoms with E-state index in [1.54, 1.807) is 0 Å². The van der Waals surface area contributed by atoms with Gasteiger partial charge in [-0.15, -0.1) is 0 Å². The molecule has 0 radical (unpaired) electrons. The average molecular weight is 275 g/mol. The highest BCUT2D eigenvalue weighted by molar-refractivity contribution is 7.71. The number of hydrogen-bond acceptors (Lipinski definition) is 2. The van der Waals surface area contributed by atoms with Crippen LogP contribution in [0.25, 0.3) is 11.2 Å². The number of imidazole rings is 1. The molecule has 1 N–H and O–H groups in total. The quantitative estimate of drug-likeness (QED) is 0.612. The van der Waals surface area contributed by atoms with Crippen LogP contribution in [0.4, 0.5) is 0 Å². The Morgan fingerprint density at radius 2 is 2.16 bits per heavy atom. The second-order valence-electron chi connectivity index (χ2n) is 5.95. The summed E-state index contributed by atoms with van der Waals surface area (Å²) in [6, 6.07) is 2.65. The molecule has 1 fully saturated rings. The minimum atomic E-state index is 0.515. The molecular formula is C15H21N3S. The van der Waals surface area contributed by atoms with E-state index in [0.717, 1.165) is 21.9 Å². The number of pyridine rings is 1. The minimum Gasteiger partial charge on any atom is -0.329 e. The first-order valence-corrected chi connectivity index (χ1v) is 7.63. The van der Waals surface area contributed by atoms with Gasteiger partial charge in [0, 0.05) is 12.2 Å². The van der Waals surface area contributed by atoms with Crippen molar-refractivity contribution in [2.75, 3.05) is 0 Å². The van der Waals surface area contributed by atoms with Crippen LogP contribution in [0.2, 0.25) is 0 Å². The largest absolute Gasteiger partial charge is 0.329 e. The summed E-state index contributed by atoms with van der Waals surface area (Å²) < 4.78 is 3.08. The molecule has 2 heterocycles. The highest BCUT2D eigenvalue weighted by Gasteiger charge is 2.20. The number of nitrogens with one attached hydrogen (secondary N) is 1. The lowest BCUT2D eigenvalue weighted by atomic mass is 10.0. The van der Waals surface area contributed by atoms with Crippen molar-refractivity contribution in [3.05, 3.63) is 22.6 Å². The second kappa shape index (κ2) is 5.08. The molecule has 0 aromatic carbocycles. The fourth-order valence-electron chi connectivity index (χ4n) is 3.18. The van der Waals surface area contributed by atoms with Crippen molar-refractivity contribution in [3.63, 3.8) is 0 Å². The van der Waals surface area contributed by atoms with Crippen LogP contribution in [0.15, 0.2) is 12.3 Å². The SMILES string of the molecule is Cc1cnc2c(c1)[nH]c(=S)n2C1CCCC(C)CC1. The third kappa shape index (κ3) is 2.46.